The number of nitrogens with two attached hydrogens (primary N) is 1. The number of benzene rings is 1. The Labute approximate surface area is 126 Å². The number of carbonyl (C=O) groups is 1. The highest BCUT2D eigenvalue weighted by Crippen LogP contribution is 2.23. The van der Waals surface area contributed by atoms with Crippen molar-refractivity contribution in [2.24, 2.45) is 0 Å². The van der Waals surface area contributed by atoms with E-state index in [-0.39, 0.29) is 5.97 Å². The van der Waals surface area contributed by atoms with Crippen LogP contribution >= 0.6 is 0 Å². The van der Waals surface area contributed by atoms with Crippen molar-refractivity contribution in [3.8, 4) is 0 Å². The van der Waals surface area contributed by atoms with Crippen molar-refractivity contribution in [1.29, 1.82) is 0 Å². The van der Waals surface area contributed by atoms with Gasteiger partial charge in [-0.05, 0) is 43.9 Å². The molecule has 0 saturated carbocycles. The Hall–Kier alpha value is -1.75. The lowest BCUT2D eigenvalue weighted by molar-refractivity contribution is 0.0461. The number of ether oxygens (including phenoxy) is 2. The molecule has 0 aliphatic carbocycles. The molecular formula is C16H24N2O3. The first-order chi connectivity index (χ1) is 10.1. The van der Waals surface area contributed by atoms with Gasteiger partial charge in [0.2, 0.25) is 0 Å². The maximum absolute atomic E-state index is 12.0. The molecule has 5 heteroatoms. The lowest BCUT2D eigenvalue weighted by atomic mass is 10.1. The summed E-state index contributed by atoms with van der Waals surface area (Å²) in [4.78, 5) is 13.9. The van der Waals surface area contributed by atoms with Crippen LogP contribution in [0.2, 0.25) is 0 Å². The van der Waals surface area contributed by atoms with E-state index in [0.29, 0.717) is 24.0 Å². The number of hydrogen-bond donors (Lipinski definition) is 1. The first kappa shape index (κ1) is 15.6. The van der Waals surface area contributed by atoms with Gasteiger partial charge in [-0.2, -0.15) is 0 Å². The minimum Gasteiger partial charge on any atom is -0.462 e. The molecule has 1 aromatic carbocycles. The van der Waals surface area contributed by atoms with Crippen molar-refractivity contribution >= 4 is 17.3 Å². The highest BCUT2D eigenvalue weighted by molar-refractivity contribution is 5.92. The van der Waals surface area contributed by atoms with Crippen LogP contribution < -0.4 is 10.6 Å². The Morgan fingerprint density at radius 3 is 2.90 bits per heavy atom. The molecule has 0 amide bonds. The highest BCUT2D eigenvalue weighted by Gasteiger charge is 2.15. The van der Waals surface area contributed by atoms with Crippen molar-refractivity contribution in [3.05, 3.63) is 23.8 Å². The van der Waals surface area contributed by atoms with E-state index >= 15 is 0 Å². The molecule has 0 aromatic heterocycles. The lowest BCUT2D eigenvalue weighted by Crippen LogP contribution is -2.13. The SMILES string of the molecule is CN(C)c1ccc(C(=O)OCCCC2CCCO2)cc1N. The number of nitrogens with zero attached hydrogens (tertiary/aromatic N) is 1. The minimum atomic E-state index is -0.320. The fraction of sp³-hybridized carbons (Fsp3) is 0.562. The Balaban J connectivity index is 1.78. The summed E-state index contributed by atoms with van der Waals surface area (Å²) in [6.07, 6.45) is 4.40. The van der Waals surface area contributed by atoms with Gasteiger partial charge in [0, 0.05) is 20.7 Å². The van der Waals surface area contributed by atoms with Crippen LogP contribution in [0.25, 0.3) is 0 Å². The van der Waals surface area contributed by atoms with Crippen molar-refractivity contribution in [2.45, 2.75) is 31.8 Å². The molecule has 1 unspecified atom stereocenters. The second-order valence-corrected chi connectivity index (χ2v) is 5.58. The predicted octanol–water partition coefficient (Wildman–Crippen LogP) is 2.45. The van der Waals surface area contributed by atoms with Gasteiger partial charge in [0.1, 0.15) is 0 Å². The van der Waals surface area contributed by atoms with E-state index in [1.165, 1.54) is 0 Å². The molecule has 0 spiro atoms. The van der Waals surface area contributed by atoms with E-state index in [9.17, 15) is 4.79 Å². The molecule has 0 radical (unpaired) electrons. The summed E-state index contributed by atoms with van der Waals surface area (Å²) in [6, 6.07) is 5.24. The summed E-state index contributed by atoms with van der Waals surface area (Å²) in [5, 5.41) is 0. The zero-order chi connectivity index (χ0) is 15.2. The molecule has 1 heterocycles. The maximum atomic E-state index is 12.0. The standard InChI is InChI=1S/C16H24N2O3/c1-18(2)15-8-7-12(11-14(15)17)16(19)21-10-4-6-13-5-3-9-20-13/h7-8,11,13H,3-6,9-10,17H2,1-2H3. The molecule has 1 fully saturated rings. The largest absolute Gasteiger partial charge is 0.462 e. The molecule has 0 bridgehead atoms. The second kappa shape index (κ2) is 7.31. The Morgan fingerprint density at radius 1 is 1.48 bits per heavy atom. The topological polar surface area (TPSA) is 64.8 Å². The van der Waals surface area contributed by atoms with Gasteiger partial charge in [0.05, 0.1) is 29.6 Å². The van der Waals surface area contributed by atoms with Gasteiger partial charge in [-0.15, -0.1) is 0 Å². The van der Waals surface area contributed by atoms with Crippen molar-refractivity contribution in [3.63, 3.8) is 0 Å². The van der Waals surface area contributed by atoms with Gasteiger partial charge in [0.15, 0.2) is 0 Å². The number of esters is 1. The zero-order valence-corrected chi connectivity index (χ0v) is 12.8. The number of hydrogen-bond acceptors (Lipinski definition) is 5. The quantitative estimate of drug-likeness (QED) is 0.495. The van der Waals surface area contributed by atoms with Crippen LogP contribution in [0.3, 0.4) is 0 Å². The van der Waals surface area contributed by atoms with E-state index in [1.54, 1.807) is 12.1 Å². The minimum absolute atomic E-state index is 0.320. The van der Waals surface area contributed by atoms with E-state index < -0.39 is 0 Å². The Morgan fingerprint density at radius 2 is 2.29 bits per heavy atom. The first-order valence-electron chi connectivity index (χ1n) is 7.43. The normalized spacial score (nSPS) is 17.7. The van der Waals surface area contributed by atoms with E-state index in [2.05, 4.69) is 0 Å². The Kier molecular flexibility index (Phi) is 5.44. The van der Waals surface area contributed by atoms with Crippen LogP contribution in [0.1, 0.15) is 36.0 Å². The molecule has 2 rings (SSSR count). The van der Waals surface area contributed by atoms with E-state index in [4.69, 9.17) is 15.2 Å². The van der Waals surface area contributed by atoms with Crippen molar-refractivity contribution < 1.29 is 14.3 Å². The molecule has 5 nitrogen and oxygen atoms in total. The molecule has 21 heavy (non-hydrogen) atoms. The van der Waals surface area contributed by atoms with Crippen molar-refractivity contribution in [2.75, 3.05) is 37.9 Å². The van der Waals surface area contributed by atoms with Crippen LogP contribution in [-0.4, -0.2) is 39.4 Å². The smallest absolute Gasteiger partial charge is 0.338 e. The van der Waals surface area contributed by atoms with Gasteiger partial charge in [0.25, 0.3) is 0 Å². The number of anilines is 2. The summed E-state index contributed by atoms with van der Waals surface area (Å²) in [5.74, 6) is -0.320. The third kappa shape index (κ3) is 4.36. The molecular weight excluding hydrogens is 268 g/mol. The summed E-state index contributed by atoms with van der Waals surface area (Å²) < 4.78 is 10.8. The number of rotatable bonds is 6. The van der Waals surface area contributed by atoms with Crippen molar-refractivity contribution in [1.82, 2.24) is 0 Å². The summed E-state index contributed by atoms with van der Waals surface area (Å²) in [7, 11) is 3.82. The zero-order valence-electron chi connectivity index (χ0n) is 12.8. The van der Waals surface area contributed by atoms with E-state index in [1.807, 2.05) is 25.1 Å². The van der Waals surface area contributed by atoms with E-state index in [0.717, 1.165) is 38.0 Å². The molecule has 1 aliphatic heterocycles. The highest BCUT2D eigenvalue weighted by atomic mass is 16.5. The van der Waals surface area contributed by atoms with Gasteiger partial charge < -0.3 is 20.1 Å². The molecule has 1 aromatic rings. The first-order valence-corrected chi connectivity index (χ1v) is 7.43. The average Bonchev–Trinajstić information content (AvgIpc) is 2.96. The van der Waals surface area contributed by atoms with Gasteiger partial charge in [-0.3, -0.25) is 0 Å². The molecule has 116 valence electrons. The lowest BCUT2D eigenvalue weighted by Gasteiger charge is -2.15. The predicted molar refractivity (Wildman–Crippen MR) is 83.7 cm³/mol. The number of carbonyl (C=O) groups excluding carboxylic acids is 1. The average molecular weight is 292 g/mol. The van der Waals surface area contributed by atoms with Crippen LogP contribution in [0, 0.1) is 0 Å². The molecule has 1 saturated heterocycles. The Bertz CT molecular complexity index is 482. The molecule has 1 aliphatic rings. The third-order valence-corrected chi connectivity index (χ3v) is 3.67. The summed E-state index contributed by atoms with van der Waals surface area (Å²) in [5.41, 5.74) is 7.90. The van der Waals surface area contributed by atoms with Crippen LogP contribution in [0.5, 0.6) is 0 Å². The fourth-order valence-electron chi connectivity index (χ4n) is 2.52. The second-order valence-electron chi connectivity index (χ2n) is 5.58. The monoisotopic (exact) mass is 292 g/mol. The molecule has 2 N–H and O–H groups in total. The fourth-order valence-corrected chi connectivity index (χ4v) is 2.52. The van der Waals surface area contributed by atoms with Gasteiger partial charge >= 0.3 is 5.97 Å². The van der Waals surface area contributed by atoms with Crippen LogP contribution in [0.15, 0.2) is 18.2 Å². The van der Waals surface area contributed by atoms with Gasteiger partial charge in [-0.1, -0.05) is 0 Å². The van der Waals surface area contributed by atoms with Crippen LogP contribution in [0.4, 0.5) is 11.4 Å². The van der Waals surface area contributed by atoms with Crippen LogP contribution in [-0.2, 0) is 9.47 Å². The summed E-state index contributed by atoms with van der Waals surface area (Å²) >= 11 is 0. The summed E-state index contributed by atoms with van der Waals surface area (Å²) in [6.45, 7) is 1.29. The van der Waals surface area contributed by atoms with Gasteiger partial charge in [-0.25, -0.2) is 4.79 Å². The number of nitrogen functional groups attached to an aromatic ring is 1. The third-order valence-electron chi connectivity index (χ3n) is 3.67. The molecule has 1 atom stereocenters. The maximum Gasteiger partial charge on any atom is 0.338 e.